The number of rotatable bonds is 8. The molecule has 1 aromatic carbocycles. The highest BCUT2D eigenvalue weighted by atomic mass is 32.1. The molecule has 0 saturated carbocycles. The van der Waals surface area contributed by atoms with Crippen molar-refractivity contribution in [2.24, 2.45) is 5.92 Å². The van der Waals surface area contributed by atoms with Crippen molar-refractivity contribution in [3.8, 4) is 10.8 Å². The van der Waals surface area contributed by atoms with E-state index < -0.39 is 11.7 Å². The van der Waals surface area contributed by atoms with E-state index in [0.29, 0.717) is 40.3 Å². The summed E-state index contributed by atoms with van der Waals surface area (Å²) in [4.78, 5) is 26.3. The number of amides is 1. The van der Waals surface area contributed by atoms with Crippen LogP contribution in [0.25, 0.3) is 10.8 Å². The molecular weight excluding hydrogens is 437 g/mol. The van der Waals surface area contributed by atoms with Gasteiger partial charge in [-0.1, -0.05) is 32.9 Å². The summed E-state index contributed by atoms with van der Waals surface area (Å²) < 4.78 is 38.7. The Morgan fingerprint density at radius 1 is 1.12 bits per heavy atom. The molecule has 0 saturated heterocycles. The number of halogens is 3. The summed E-state index contributed by atoms with van der Waals surface area (Å²) in [5.41, 5.74) is 0.761. The van der Waals surface area contributed by atoms with Crippen molar-refractivity contribution in [3.63, 3.8) is 0 Å². The minimum absolute atomic E-state index is 0.101. The standard InChI is InChI=1S/C23H25F3N4OS/c1-4-18-19(32-22(30-18)20-27-10-5-11-28-20)21(31)29-13-16(12-14(2)3)15-6-8-17(9-7-15)23(24,25)26/h5-11,14,16H,4,12-13H2,1-3H3,(H,29,31). The molecule has 1 amide bonds. The number of aromatic nitrogens is 3. The highest BCUT2D eigenvalue weighted by molar-refractivity contribution is 7.17. The summed E-state index contributed by atoms with van der Waals surface area (Å²) in [5.74, 6) is 0.433. The van der Waals surface area contributed by atoms with Crippen molar-refractivity contribution >= 4 is 17.2 Å². The lowest BCUT2D eigenvalue weighted by atomic mass is 9.89. The van der Waals surface area contributed by atoms with Gasteiger partial charge in [-0.05, 0) is 42.5 Å². The van der Waals surface area contributed by atoms with Gasteiger partial charge in [-0.3, -0.25) is 4.79 Å². The molecule has 0 aliphatic heterocycles. The third-order valence-electron chi connectivity index (χ3n) is 4.97. The van der Waals surface area contributed by atoms with Crippen LogP contribution in [0.5, 0.6) is 0 Å². The van der Waals surface area contributed by atoms with Crippen molar-refractivity contribution < 1.29 is 18.0 Å². The van der Waals surface area contributed by atoms with Crippen molar-refractivity contribution in [2.45, 2.75) is 45.7 Å². The number of carbonyl (C=O) groups excluding carboxylic acids is 1. The molecular formula is C23H25F3N4OS. The Labute approximate surface area is 189 Å². The average molecular weight is 463 g/mol. The highest BCUT2D eigenvalue weighted by Gasteiger charge is 2.30. The fourth-order valence-corrected chi connectivity index (χ4v) is 4.44. The van der Waals surface area contributed by atoms with Gasteiger partial charge in [-0.25, -0.2) is 15.0 Å². The number of carbonyl (C=O) groups is 1. The molecule has 9 heteroatoms. The van der Waals surface area contributed by atoms with Crippen LogP contribution >= 0.6 is 11.3 Å². The number of hydrogen-bond donors (Lipinski definition) is 1. The molecule has 0 spiro atoms. The lowest BCUT2D eigenvalue weighted by molar-refractivity contribution is -0.137. The van der Waals surface area contributed by atoms with Gasteiger partial charge in [0, 0.05) is 24.9 Å². The minimum Gasteiger partial charge on any atom is -0.351 e. The molecule has 3 rings (SSSR count). The summed E-state index contributed by atoms with van der Waals surface area (Å²) in [6.45, 7) is 6.33. The summed E-state index contributed by atoms with van der Waals surface area (Å²) in [6.07, 6.45) is 0.188. The Bertz CT molecular complexity index is 1030. The van der Waals surface area contributed by atoms with Crippen LogP contribution in [0.15, 0.2) is 42.7 Å². The maximum atomic E-state index is 12.9. The lowest BCUT2D eigenvalue weighted by Gasteiger charge is -2.21. The minimum atomic E-state index is -4.37. The SMILES string of the molecule is CCc1nc(-c2ncccn2)sc1C(=O)NCC(CC(C)C)c1ccc(C(F)(F)F)cc1. The number of nitrogens with one attached hydrogen (secondary N) is 1. The number of benzene rings is 1. The molecule has 0 fully saturated rings. The van der Waals surface area contributed by atoms with Crippen molar-refractivity contribution in [2.75, 3.05) is 6.54 Å². The van der Waals surface area contributed by atoms with Gasteiger partial charge in [0.25, 0.3) is 5.91 Å². The lowest BCUT2D eigenvalue weighted by Crippen LogP contribution is -2.29. The van der Waals surface area contributed by atoms with E-state index in [9.17, 15) is 18.0 Å². The van der Waals surface area contributed by atoms with Gasteiger partial charge in [0.1, 0.15) is 4.88 Å². The van der Waals surface area contributed by atoms with Gasteiger partial charge >= 0.3 is 6.18 Å². The van der Waals surface area contributed by atoms with Crippen LogP contribution in [0.4, 0.5) is 13.2 Å². The molecule has 1 unspecified atom stereocenters. The fraction of sp³-hybridized carbons (Fsp3) is 0.391. The van der Waals surface area contributed by atoms with Crippen LogP contribution in [-0.4, -0.2) is 27.4 Å². The monoisotopic (exact) mass is 462 g/mol. The van der Waals surface area contributed by atoms with Gasteiger partial charge in [0.05, 0.1) is 11.3 Å². The first-order chi connectivity index (χ1) is 15.2. The summed E-state index contributed by atoms with van der Waals surface area (Å²) in [7, 11) is 0. The summed E-state index contributed by atoms with van der Waals surface area (Å²) >= 11 is 1.24. The van der Waals surface area contributed by atoms with E-state index in [1.807, 2.05) is 20.8 Å². The molecule has 0 aliphatic rings. The second kappa shape index (κ2) is 10.2. The number of alkyl halides is 3. The quantitative estimate of drug-likeness (QED) is 0.463. The molecule has 5 nitrogen and oxygen atoms in total. The number of hydrogen-bond acceptors (Lipinski definition) is 5. The molecule has 0 aliphatic carbocycles. The molecule has 1 N–H and O–H groups in total. The molecule has 2 aromatic heterocycles. The maximum absolute atomic E-state index is 12.9. The number of nitrogens with zero attached hydrogens (tertiary/aromatic N) is 3. The van der Waals surface area contributed by atoms with Crippen LogP contribution in [0, 0.1) is 5.92 Å². The Morgan fingerprint density at radius 3 is 2.34 bits per heavy atom. The second-order valence-corrected chi connectivity index (χ2v) is 8.88. The topological polar surface area (TPSA) is 67.8 Å². The van der Waals surface area contributed by atoms with E-state index in [1.165, 1.54) is 23.5 Å². The largest absolute Gasteiger partial charge is 0.416 e. The third-order valence-corrected chi connectivity index (χ3v) is 6.06. The molecule has 32 heavy (non-hydrogen) atoms. The van der Waals surface area contributed by atoms with Crippen molar-refractivity contribution in [1.29, 1.82) is 0 Å². The van der Waals surface area contributed by atoms with Crippen molar-refractivity contribution in [3.05, 3.63) is 64.4 Å². The predicted molar refractivity (Wildman–Crippen MR) is 118 cm³/mol. The smallest absolute Gasteiger partial charge is 0.351 e. The van der Waals surface area contributed by atoms with Crippen LogP contribution in [-0.2, 0) is 12.6 Å². The second-order valence-electron chi connectivity index (χ2n) is 7.88. The Kier molecular flexibility index (Phi) is 7.60. The highest BCUT2D eigenvalue weighted by Crippen LogP contribution is 2.32. The van der Waals surface area contributed by atoms with E-state index in [1.54, 1.807) is 18.5 Å². The first-order valence-corrected chi connectivity index (χ1v) is 11.2. The van der Waals surface area contributed by atoms with Gasteiger partial charge in [0.2, 0.25) is 0 Å². The third kappa shape index (κ3) is 5.91. The first-order valence-electron chi connectivity index (χ1n) is 10.4. The van der Waals surface area contributed by atoms with Gasteiger partial charge in [0.15, 0.2) is 10.8 Å². The Hall–Kier alpha value is -2.81. The molecule has 0 bridgehead atoms. The van der Waals surface area contributed by atoms with Gasteiger partial charge in [-0.2, -0.15) is 13.2 Å². The Balaban J connectivity index is 1.76. The van der Waals surface area contributed by atoms with Crippen molar-refractivity contribution in [1.82, 2.24) is 20.3 Å². The molecule has 170 valence electrons. The Morgan fingerprint density at radius 2 is 1.78 bits per heavy atom. The van der Waals surface area contributed by atoms with Gasteiger partial charge < -0.3 is 5.32 Å². The van der Waals surface area contributed by atoms with E-state index in [0.717, 1.165) is 24.1 Å². The molecule has 0 radical (unpaired) electrons. The maximum Gasteiger partial charge on any atom is 0.416 e. The summed E-state index contributed by atoms with van der Waals surface area (Å²) in [5, 5.41) is 3.53. The van der Waals surface area contributed by atoms with E-state index in [-0.39, 0.29) is 11.8 Å². The summed E-state index contributed by atoms with van der Waals surface area (Å²) in [6, 6.07) is 6.89. The predicted octanol–water partition coefficient (Wildman–Crippen LogP) is 5.74. The zero-order chi connectivity index (χ0) is 23.3. The van der Waals surface area contributed by atoms with E-state index in [2.05, 4.69) is 20.3 Å². The fourth-order valence-electron chi connectivity index (χ4n) is 3.42. The van der Waals surface area contributed by atoms with Crippen LogP contribution in [0.1, 0.15) is 59.6 Å². The molecule has 1 atom stereocenters. The zero-order valence-corrected chi connectivity index (χ0v) is 18.9. The van der Waals surface area contributed by atoms with Crippen LogP contribution in [0.3, 0.4) is 0 Å². The average Bonchev–Trinajstić information content (AvgIpc) is 3.21. The first kappa shape index (κ1) is 23.8. The molecule has 3 aromatic rings. The number of thiazole rings is 1. The van der Waals surface area contributed by atoms with E-state index >= 15 is 0 Å². The van der Waals surface area contributed by atoms with Crippen LogP contribution in [0.2, 0.25) is 0 Å². The number of aryl methyl sites for hydroxylation is 1. The van der Waals surface area contributed by atoms with Gasteiger partial charge in [-0.15, -0.1) is 11.3 Å². The van der Waals surface area contributed by atoms with Crippen LogP contribution < -0.4 is 5.32 Å². The normalized spacial score (nSPS) is 12.7. The zero-order valence-electron chi connectivity index (χ0n) is 18.1. The van der Waals surface area contributed by atoms with E-state index in [4.69, 9.17) is 0 Å². The molecule has 2 heterocycles.